The highest BCUT2D eigenvalue weighted by Gasteiger charge is 2.61. The number of rotatable bonds is 3. The molecule has 0 radical (unpaired) electrons. The number of hydrogen-bond donors (Lipinski definition) is 3. The van der Waals surface area contributed by atoms with E-state index in [-0.39, 0.29) is 49.2 Å². The average Bonchev–Trinajstić information content (AvgIpc) is 3.16. The Balaban J connectivity index is 1.60. The summed E-state index contributed by atoms with van der Waals surface area (Å²) in [4.78, 5) is 22.4. The minimum absolute atomic E-state index is 0.0436. The molecule has 0 bridgehead atoms. The number of amides is 1. The third-order valence-corrected chi connectivity index (χ3v) is 5.97. The quantitative estimate of drug-likeness (QED) is 0.564. The number of aliphatic hydroxyl groups is 1. The number of alkyl halides is 6. The summed E-state index contributed by atoms with van der Waals surface area (Å²) in [5.74, 6) is -1.97. The van der Waals surface area contributed by atoms with Gasteiger partial charge in [-0.15, -0.1) is 0 Å². The van der Waals surface area contributed by atoms with Crippen molar-refractivity contribution in [2.75, 3.05) is 42.3 Å². The van der Waals surface area contributed by atoms with Crippen molar-refractivity contribution in [3.8, 4) is 0 Å². The van der Waals surface area contributed by atoms with Gasteiger partial charge in [0.2, 0.25) is 11.9 Å². The number of aromatic amines is 1. The second-order valence-electron chi connectivity index (χ2n) is 8.51. The standard InChI is InChI=1S/C19H21F6N7O2/c1-31(2)16-26-10(18(20,21)22)7-11(27-16)32-5-3-9(4-6-32)14-13-15(30-29-14)28-12(33)8-17(13,34)19(23,24)25/h7,9,34H,3-6,8H2,1-2H3,(H2,28,29,30,33). The van der Waals surface area contributed by atoms with Crippen molar-refractivity contribution in [2.24, 2.45) is 0 Å². The van der Waals surface area contributed by atoms with Gasteiger partial charge in [-0.3, -0.25) is 9.89 Å². The number of nitrogens with one attached hydrogen (secondary N) is 2. The Morgan fingerprint density at radius 3 is 2.35 bits per heavy atom. The van der Waals surface area contributed by atoms with Crippen LogP contribution < -0.4 is 15.1 Å². The Labute approximate surface area is 189 Å². The number of aromatic nitrogens is 4. The van der Waals surface area contributed by atoms with E-state index in [0.29, 0.717) is 0 Å². The minimum atomic E-state index is -5.11. The fourth-order valence-electron chi connectivity index (χ4n) is 4.23. The lowest BCUT2D eigenvalue weighted by Crippen LogP contribution is -2.49. The van der Waals surface area contributed by atoms with E-state index in [4.69, 9.17) is 0 Å². The van der Waals surface area contributed by atoms with E-state index in [1.165, 1.54) is 19.0 Å². The highest BCUT2D eigenvalue weighted by atomic mass is 19.4. The van der Waals surface area contributed by atoms with Crippen molar-refractivity contribution in [1.82, 2.24) is 20.2 Å². The molecule has 9 nitrogen and oxygen atoms in total. The van der Waals surface area contributed by atoms with E-state index in [1.807, 2.05) is 0 Å². The zero-order valence-corrected chi connectivity index (χ0v) is 18.0. The van der Waals surface area contributed by atoms with E-state index in [9.17, 15) is 36.2 Å². The summed E-state index contributed by atoms with van der Waals surface area (Å²) in [5.41, 5.74) is -4.97. The molecule has 15 heteroatoms. The zero-order valence-electron chi connectivity index (χ0n) is 18.0. The number of anilines is 3. The van der Waals surface area contributed by atoms with Gasteiger partial charge in [0.1, 0.15) is 5.82 Å². The molecule has 1 saturated heterocycles. The number of hydrogen-bond acceptors (Lipinski definition) is 7. The first-order valence-corrected chi connectivity index (χ1v) is 10.3. The summed E-state index contributed by atoms with van der Waals surface area (Å²) in [6, 6.07) is 0.837. The lowest BCUT2D eigenvalue weighted by molar-refractivity contribution is -0.267. The van der Waals surface area contributed by atoms with Gasteiger partial charge in [0, 0.05) is 44.9 Å². The first-order chi connectivity index (χ1) is 15.7. The number of carbonyl (C=O) groups excluding carboxylic acids is 1. The Kier molecular flexibility index (Phi) is 5.65. The lowest BCUT2D eigenvalue weighted by Gasteiger charge is -2.37. The molecule has 2 aliphatic rings. The van der Waals surface area contributed by atoms with Crippen LogP contribution in [-0.4, -0.2) is 64.5 Å². The molecule has 34 heavy (non-hydrogen) atoms. The van der Waals surface area contributed by atoms with Gasteiger partial charge in [0.15, 0.2) is 17.1 Å². The number of halogens is 6. The molecule has 0 saturated carbocycles. The molecular formula is C19H21F6N7O2. The van der Waals surface area contributed by atoms with Crippen LogP contribution in [0.4, 0.5) is 43.9 Å². The molecule has 1 fully saturated rings. The Morgan fingerprint density at radius 2 is 1.79 bits per heavy atom. The number of nitrogens with zero attached hydrogens (tertiary/aromatic N) is 5. The van der Waals surface area contributed by atoms with Crippen LogP contribution in [0.1, 0.15) is 42.1 Å². The maximum Gasteiger partial charge on any atom is 0.433 e. The highest BCUT2D eigenvalue weighted by Crippen LogP contribution is 2.50. The number of fused-ring (bicyclic) bond motifs is 1. The Bertz CT molecular complexity index is 1090. The van der Waals surface area contributed by atoms with Gasteiger partial charge in [0.25, 0.3) is 0 Å². The van der Waals surface area contributed by atoms with Gasteiger partial charge >= 0.3 is 12.4 Å². The highest BCUT2D eigenvalue weighted by molar-refractivity contribution is 5.94. The maximum absolute atomic E-state index is 13.7. The minimum Gasteiger partial charge on any atom is -0.376 e. The molecule has 2 aromatic rings. The van der Waals surface area contributed by atoms with E-state index >= 15 is 0 Å². The van der Waals surface area contributed by atoms with Gasteiger partial charge in [-0.25, -0.2) is 4.98 Å². The van der Waals surface area contributed by atoms with E-state index in [2.05, 4.69) is 25.5 Å². The van der Waals surface area contributed by atoms with Crippen molar-refractivity contribution in [1.29, 1.82) is 0 Å². The second-order valence-corrected chi connectivity index (χ2v) is 8.51. The van der Waals surface area contributed by atoms with Crippen molar-refractivity contribution in [3.63, 3.8) is 0 Å². The third kappa shape index (κ3) is 4.12. The number of H-pyrrole nitrogens is 1. The molecule has 186 valence electrons. The fourth-order valence-corrected chi connectivity index (χ4v) is 4.23. The molecule has 3 N–H and O–H groups in total. The number of piperidine rings is 1. The predicted octanol–water partition coefficient (Wildman–Crippen LogP) is 2.76. The summed E-state index contributed by atoms with van der Waals surface area (Å²) < 4.78 is 81.1. The first-order valence-electron chi connectivity index (χ1n) is 10.3. The van der Waals surface area contributed by atoms with Crippen LogP contribution in [0.3, 0.4) is 0 Å². The van der Waals surface area contributed by atoms with Gasteiger partial charge in [-0.05, 0) is 12.8 Å². The largest absolute Gasteiger partial charge is 0.433 e. The van der Waals surface area contributed by atoms with Crippen molar-refractivity contribution < 1.29 is 36.2 Å². The third-order valence-electron chi connectivity index (χ3n) is 5.97. The van der Waals surface area contributed by atoms with Crippen LogP contribution >= 0.6 is 0 Å². The summed E-state index contributed by atoms with van der Waals surface area (Å²) in [5, 5.41) is 19.0. The van der Waals surface area contributed by atoms with E-state index in [1.54, 1.807) is 4.90 Å². The van der Waals surface area contributed by atoms with E-state index in [0.717, 1.165) is 6.07 Å². The average molecular weight is 493 g/mol. The summed E-state index contributed by atoms with van der Waals surface area (Å²) in [6.45, 7) is 0.382. The fraction of sp³-hybridized carbons (Fsp3) is 0.579. The normalized spacial score (nSPS) is 21.9. The zero-order chi connectivity index (χ0) is 25.1. The summed E-state index contributed by atoms with van der Waals surface area (Å²) in [7, 11) is 3.01. The Morgan fingerprint density at radius 1 is 1.15 bits per heavy atom. The topological polar surface area (TPSA) is 110 Å². The van der Waals surface area contributed by atoms with Crippen molar-refractivity contribution >= 4 is 23.5 Å². The molecule has 2 aliphatic heterocycles. The molecule has 0 aliphatic carbocycles. The molecule has 0 spiro atoms. The van der Waals surface area contributed by atoms with Crippen LogP contribution in [0.25, 0.3) is 0 Å². The smallest absolute Gasteiger partial charge is 0.376 e. The SMILES string of the molecule is CN(C)c1nc(N2CCC(c3[nH]nc4c3C(O)(C(F)(F)F)CC(=O)N4)CC2)cc(C(F)(F)F)n1. The van der Waals surface area contributed by atoms with Crippen molar-refractivity contribution in [3.05, 3.63) is 23.0 Å². The first kappa shape index (κ1) is 24.0. The molecule has 4 rings (SSSR count). The van der Waals surface area contributed by atoms with Crippen LogP contribution in [0.5, 0.6) is 0 Å². The van der Waals surface area contributed by atoms with Gasteiger partial charge < -0.3 is 20.2 Å². The maximum atomic E-state index is 13.7. The lowest BCUT2D eigenvalue weighted by atomic mass is 9.81. The Hall–Kier alpha value is -3.10. The molecule has 1 amide bonds. The molecule has 4 heterocycles. The van der Waals surface area contributed by atoms with Gasteiger partial charge in [-0.1, -0.05) is 0 Å². The summed E-state index contributed by atoms with van der Waals surface area (Å²) >= 11 is 0. The van der Waals surface area contributed by atoms with Crippen LogP contribution in [0.15, 0.2) is 6.07 Å². The van der Waals surface area contributed by atoms with Crippen LogP contribution in [0, 0.1) is 0 Å². The molecule has 2 aromatic heterocycles. The van der Waals surface area contributed by atoms with Crippen LogP contribution in [-0.2, 0) is 16.6 Å². The van der Waals surface area contributed by atoms with Crippen LogP contribution in [0.2, 0.25) is 0 Å². The molecule has 1 unspecified atom stereocenters. The molecule has 1 atom stereocenters. The monoisotopic (exact) mass is 493 g/mol. The molecular weight excluding hydrogens is 472 g/mol. The summed E-state index contributed by atoms with van der Waals surface area (Å²) in [6.07, 6.45) is -10.5. The van der Waals surface area contributed by atoms with Crippen molar-refractivity contribution in [2.45, 2.75) is 43.1 Å². The molecule has 0 aromatic carbocycles. The van der Waals surface area contributed by atoms with Gasteiger partial charge in [-0.2, -0.15) is 36.4 Å². The van der Waals surface area contributed by atoms with Gasteiger partial charge in [0.05, 0.1) is 12.0 Å². The predicted molar refractivity (Wildman–Crippen MR) is 107 cm³/mol. The second kappa shape index (κ2) is 7.99. The van der Waals surface area contributed by atoms with E-state index < -0.39 is 47.5 Å². The number of carbonyl (C=O) groups is 1.